The van der Waals surface area contributed by atoms with Crippen molar-refractivity contribution in [2.45, 2.75) is 45.6 Å². The van der Waals surface area contributed by atoms with Crippen LogP contribution in [-0.4, -0.2) is 37.7 Å². The number of carbonyl (C=O) groups is 2. The van der Waals surface area contributed by atoms with Crippen LogP contribution in [0.1, 0.15) is 40.0 Å². The van der Waals surface area contributed by atoms with E-state index in [9.17, 15) is 9.59 Å². The molecule has 0 aromatic rings. The maximum absolute atomic E-state index is 11.9. The number of amides is 1. The Morgan fingerprint density at radius 2 is 1.89 bits per heavy atom. The van der Waals surface area contributed by atoms with Gasteiger partial charge in [-0.3, -0.25) is 4.79 Å². The Labute approximate surface area is 108 Å². The van der Waals surface area contributed by atoms with Crippen molar-refractivity contribution < 1.29 is 19.1 Å². The van der Waals surface area contributed by atoms with Crippen molar-refractivity contribution >= 4 is 11.9 Å². The number of ketones is 1. The summed E-state index contributed by atoms with van der Waals surface area (Å²) >= 11 is 0. The van der Waals surface area contributed by atoms with Gasteiger partial charge in [0.15, 0.2) is 5.78 Å². The summed E-state index contributed by atoms with van der Waals surface area (Å²) < 4.78 is 10.0. The predicted octanol–water partition coefficient (Wildman–Crippen LogP) is 1.90. The molecule has 5 nitrogen and oxygen atoms in total. The number of methoxy groups -OCH3 is 1. The van der Waals surface area contributed by atoms with E-state index in [4.69, 9.17) is 9.47 Å². The number of carbonyl (C=O) groups excluding carboxylic acids is 2. The maximum atomic E-state index is 11.9. The SMILES string of the molecule is COCC(=O)C1(CNC(=O)OC(C)(C)C)CCC1. The zero-order valence-corrected chi connectivity index (χ0v) is 11.7. The summed E-state index contributed by atoms with van der Waals surface area (Å²) in [5.41, 5.74) is -0.958. The zero-order chi connectivity index (χ0) is 13.8. The molecule has 0 radical (unpaired) electrons. The van der Waals surface area contributed by atoms with E-state index in [-0.39, 0.29) is 12.4 Å². The molecule has 0 unspecified atom stereocenters. The van der Waals surface area contributed by atoms with E-state index in [2.05, 4.69) is 5.32 Å². The van der Waals surface area contributed by atoms with E-state index in [0.29, 0.717) is 6.54 Å². The quantitative estimate of drug-likeness (QED) is 0.817. The van der Waals surface area contributed by atoms with Crippen molar-refractivity contribution in [3.05, 3.63) is 0 Å². The average Bonchev–Trinajstić information content (AvgIpc) is 2.13. The lowest BCUT2D eigenvalue weighted by molar-refractivity contribution is -0.137. The molecule has 0 atom stereocenters. The molecule has 1 N–H and O–H groups in total. The van der Waals surface area contributed by atoms with Gasteiger partial charge in [-0.1, -0.05) is 6.42 Å². The van der Waals surface area contributed by atoms with Gasteiger partial charge in [0.2, 0.25) is 0 Å². The summed E-state index contributed by atoms with van der Waals surface area (Å²) in [6.45, 7) is 5.87. The topological polar surface area (TPSA) is 64.6 Å². The van der Waals surface area contributed by atoms with Crippen LogP contribution in [0.2, 0.25) is 0 Å². The number of hydrogen-bond acceptors (Lipinski definition) is 4. The first-order valence-corrected chi connectivity index (χ1v) is 6.28. The van der Waals surface area contributed by atoms with Crippen molar-refractivity contribution in [3.63, 3.8) is 0 Å². The molecule has 0 heterocycles. The Morgan fingerprint density at radius 1 is 1.28 bits per heavy atom. The zero-order valence-electron chi connectivity index (χ0n) is 11.7. The normalized spacial score (nSPS) is 17.8. The van der Waals surface area contributed by atoms with Crippen LogP contribution >= 0.6 is 0 Å². The van der Waals surface area contributed by atoms with E-state index in [0.717, 1.165) is 19.3 Å². The molecular weight excluding hydrogens is 234 g/mol. The molecule has 0 bridgehead atoms. The molecule has 18 heavy (non-hydrogen) atoms. The van der Waals surface area contributed by atoms with Gasteiger partial charge in [0.1, 0.15) is 12.2 Å². The first-order valence-electron chi connectivity index (χ1n) is 6.28. The van der Waals surface area contributed by atoms with Crippen LogP contribution in [0.5, 0.6) is 0 Å². The number of nitrogens with one attached hydrogen (secondary N) is 1. The maximum Gasteiger partial charge on any atom is 0.407 e. The van der Waals surface area contributed by atoms with E-state index in [1.165, 1.54) is 7.11 Å². The molecule has 0 spiro atoms. The Kier molecular flexibility index (Phi) is 4.73. The smallest absolute Gasteiger partial charge is 0.407 e. The average molecular weight is 257 g/mol. The minimum Gasteiger partial charge on any atom is -0.444 e. The fourth-order valence-electron chi connectivity index (χ4n) is 2.00. The Hall–Kier alpha value is -1.10. The van der Waals surface area contributed by atoms with Gasteiger partial charge in [-0.25, -0.2) is 4.79 Å². The fourth-order valence-corrected chi connectivity index (χ4v) is 2.00. The van der Waals surface area contributed by atoms with Crippen molar-refractivity contribution in [3.8, 4) is 0 Å². The highest BCUT2D eigenvalue weighted by Crippen LogP contribution is 2.41. The second kappa shape index (κ2) is 5.69. The van der Waals surface area contributed by atoms with Gasteiger partial charge in [0.25, 0.3) is 0 Å². The highest BCUT2D eigenvalue weighted by atomic mass is 16.6. The molecular formula is C13H23NO4. The minimum absolute atomic E-state index is 0.0623. The summed E-state index contributed by atoms with van der Waals surface area (Å²) in [5.74, 6) is 0.0623. The third-order valence-corrected chi connectivity index (χ3v) is 3.15. The van der Waals surface area contributed by atoms with Gasteiger partial charge in [0, 0.05) is 19.1 Å². The monoisotopic (exact) mass is 257 g/mol. The van der Waals surface area contributed by atoms with E-state index in [1.807, 2.05) is 20.8 Å². The van der Waals surface area contributed by atoms with Crippen LogP contribution < -0.4 is 5.32 Å². The predicted molar refractivity (Wildman–Crippen MR) is 67.4 cm³/mol. The number of Topliss-reactive ketones (excluding diaryl/α,β-unsaturated/α-hetero) is 1. The highest BCUT2D eigenvalue weighted by Gasteiger charge is 2.43. The molecule has 0 aromatic carbocycles. The van der Waals surface area contributed by atoms with Gasteiger partial charge in [0.05, 0.1) is 0 Å². The van der Waals surface area contributed by atoms with Crippen molar-refractivity contribution in [1.29, 1.82) is 0 Å². The van der Waals surface area contributed by atoms with Crippen LogP contribution in [0.15, 0.2) is 0 Å². The lowest BCUT2D eigenvalue weighted by Crippen LogP contribution is -2.49. The van der Waals surface area contributed by atoms with Crippen LogP contribution in [0.3, 0.4) is 0 Å². The van der Waals surface area contributed by atoms with Crippen LogP contribution in [-0.2, 0) is 14.3 Å². The minimum atomic E-state index is -0.520. The van der Waals surface area contributed by atoms with Gasteiger partial charge in [-0.05, 0) is 33.6 Å². The third kappa shape index (κ3) is 3.98. The third-order valence-electron chi connectivity index (χ3n) is 3.15. The van der Waals surface area contributed by atoms with E-state index < -0.39 is 17.1 Å². The van der Waals surface area contributed by atoms with Crippen molar-refractivity contribution in [2.24, 2.45) is 5.41 Å². The van der Waals surface area contributed by atoms with Crippen LogP contribution in [0.25, 0.3) is 0 Å². The highest BCUT2D eigenvalue weighted by molar-refractivity contribution is 5.87. The molecule has 1 aliphatic carbocycles. The summed E-state index contributed by atoms with van der Waals surface area (Å²) in [6.07, 6.45) is 2.17. The van der Waals surface area contributed by atoms with Gasteiger partial charge in [-0.2, -0.15) is 0 Å². The molecule has 1 aliphatic rings. The molecule has 1 fully saturated rings. The van der Waals surface area contributed by atoms with Gasteiger partial charge < -0.3 is 14.8 Å². The van der Waals surface area contributed by atoms with E-state index in [1.54, 1.807) is 0 Å². The van der Waals surface area contributed by atoms with Gasteiger partial charge >= 0.3 is 6.09 Å². The number of alkyl carbamates (subject to hydrolysis) is 1. The van der Waals surface area contributed by atoms with Crippen molar-refractivity contribution in [1.82, 2.24) is 5.32 Å². The summed E-state index contributed by atoms with van der Waals surface area (Å²) in [6, 6.07) is 0. The largest absolute Gasteiger partial charge is 0.444 e. The molecule has 1 rings (SSSR count). The Bertz CT molecular complexity index is 315. The first kappa shape index (κ1) is 15.0. The van der Waals surface area contributed by atoms with Crippen LogP contribution in [0.4, 0.5) is 4.79 Å². The summed E-state index contributed by atoms with van der Waals surface area (Å²) in [4.78, 5) is 23.5. The molecule has 0 saturated heterocycles. The molecule has 5 heteroatoms. The Morgan fingerprint density at radius 3 is 2.28 bits per heavy atom. The first-order chi connectivity index (χ1) is 8.29. The standard InChI is InChI=1S/C13H23NO4/c1-12(2,3)18-11(16)14-9-13(6-5-7-13)10(15)8-17-4/h5-9H2,1-4H3,(H,14,16). The van der Waals surface area contributed by atoms with Crippen LogP contribution in [0, 0.1) is 5.41 Å². The van der Waals surface area contributed by atoms with Gasteiger partial charge in [-0.15, -0.1) is 0 Å². The molecule has 1 amide bonds. The lowest BCUT2D eigenvalue weighted by atomic mass is 9.66. The molecule has 0 aliphatic heterocycles. The second-order valence-corrected chi connectivity index (χ2v) is 5.85. The number of rotatable bonds is 5. The Balaban J connectivity index is 2.45. The van der Waals surface area contributed by atoms with Crippen molar-refractivity contribution in [2.75, 3.05) is 20.3 Å². The number of ether oxygens (including phenoxy) is 2. The summed E-state index contributed by atoms with van der Waals surface area (Å²) in [5, 5.41) is 2.68. The second-order valence-electron chi connectivity index (χ2n) is 5.85. The van der Waals surface area contributed by atoms with E-state index >= 15 is 0 Å². The summed E-state index contributed by atoms with van der Waals surface area (Å²) in [7, 11) is 1.51. The lowest BCUT2D eigenvalue weighted by Gasteiger charge is -2.40. The fraction of sp³-hybridized carbons (Fsp3) is 0.846. The molecule has 1 saturated carbocycles. The molecule has 0 aromatic heterocycles. The number of hydrogen-bond donors (Lipinski definition) is 1. The molecule has 104 valence electrons.